The Bertz CT molecular complexity index is 2330. The minimum Gasteiger partial charge on any atom is -0.352 e. The molecule has 1 aromatic carbocycles. The van der Waals surface area contributed by atoms with Gasteiger partial charge < -0.3 is 29.6 Å². The molecule has 54 heavy (non-hydrogen) atoms. The Labute approximate surface area is 304 Å². The van der Waals surface area contributed by atoms with Crippen LogP contribution in [0.15, 0.2) is 60.4 Å². The van der Waals surface area contributed by atoms with E-state index < -0.39 is 58.6 Å². The molecule has 0 radical (unpaired) electrons. The van der Waals surface area contributed by atoms with Crippen LogP contribution in [-0.2, 0) is 36.7 Å². The molecule has 284 valence electrons. The van der Waals surface area contributed by atoms with Gasteiger partial charge in [0.1, 0.15) is 31.0 Å². The van der Waals surface area contributed by atoms with Crippen molar-refractivity contribution in [2.24, 2.45) is 0 Å². The van der Waals surface area contributed by atoms with Gasteiger partial charge in [-0.1, -0.05) is 18.2 Å². The number of nitrogens with zero attached hydrogens (tertiary/aromatic N) is 8. The first kappa shape index (κ1) is 37.5. The molecule has 7 atom stereocenters. The van der Waals surface area contributed by atoms with Crippen LogP contribution in [0.25, 0.3) is 22.3 Å². The summed E-state index contributed by atoms with van der Waals surface area (Å²) in [5.41, 5.74) is 0.840. The van der Waals surface area contributed by atoms with Crippen LogP contribution in [0.3, 0.4) is 0 Å². The Morgan fingerprint density at radius 2 is 1.69 bits per heavy atom. The number of phosphoric acid groups is 2. The molecule has 4 aromatic heterocycles. The van der Waals surface area contributed by atoms with Gasteiger partial charge in [-0.3, -0.25) is 36.8 Å². The van der Waals surface area contributed by atoms with Crippen LogP contribution >= 0.6 is 15.6 Å². The highest BCUT2D eigenvalue weighted by molar-refractivity contribution is 7.47. The molecule has 2 aliphatic heterocycles. The quantitative estimate of drug-likeness (QED) is 0.0876. The van der Waals surface area contributed by atoms with Crippen molar-refractivity contribution < 1.29 is 51.3 Å². The van der Waals surface area contributed by atoms with E-state index in [1.807, 2.05) is 0 Å². The standard InChI is InChI=1S/C30H32N10O12P2/c31-9-4-10-47-53(43,44)49-13-21-20(11-23(51-21)40-17-37-25-28(40)34-15-35-30(25)42)52-54(45,46)48-12-19-7-8-22(50-19)39-16-36-24-26(32-14-33-27(24)39)38-29(41)18-5-2-1-3-6-18/h1-3,5-6,14-17,19-23H,4,7-8,10-13H2,(H,43,44)(H,45,46)(H,34,35,42)(H,32,33,38,41)/t19?,20-,21?,22?,23?/m0/s1. The number of H-pyrrole nitrogens is 1. The maximum absolute atomic E-state index is 13.3. The molecule has 5 aromatic rings. The first-order valence-electron chi connectivity index (χ1n) is 16.4. The molecular formula is C30H32N10O12P2. The molecule has 0 spiro atoms. The van der Waals surface area contributed by atoms with E-state index in [1.54, 1.807) is 41.0 Å². The molecule has 7 rings (SSSR count). The summed E-state index contributed by atoms with van der Waals surface area (Å²) in [6.07, 6.45) is 1.24. The zero-order valence-electron chi connectivity index (χ0n) is 28.0. The van der Waals surface area contributed by atoms with Crippen LogP contribution < -0.4 is 10.9 Å². The van der Waals surface area contributed by atoms with Gasteiger partial charge in [0.25, 0.3) is 11.5 Å². The van der Waals surface area contributed by atoms with E-state index >= 15 is 0 Å². The Morgan fingerprint density at radius 1 is 0.944 bits per heavy atom. The van der Waals surface area contributed by atoms with Crippen molar-refractivity contribution in [1.82, 2.24) is 39.0 Å². The number of aromatic nitrogens is 8. The van der Waals surface area contributed by atoms with Crippen LogP contribution in [0.2, 0.25) is 0 Å². The van der Waals surface area contributed by atoms with Gasteiger partial charge in [0.15, 0.2) is 28.1 Å². The summed E-state index contributed by atoms with van der Waals surface area (Å²) in [5, 5.41) is 11.4. The smallest absolute Gasteiger partial charge is 0.352 e. The molecule has 24 heteroatoms. The number of hydrogen-bond acceptors (Lipinski definition) is 16. The fraction of sp³-hybridized carbons (Fsp3) is 0.400. The van der Waals surface area contributed by atoms with E-state index in [0.29, 0.717) is 29.6 Å². The number of anilines is 1. The number of nitrogens with one attached hydrogen (secondary N) is 2. The van der Waals surface area contributed by atoms with Gasteiger partial charge in [0.05, 0.1) is 57.4 Å². The summed E-state index contributed by atoms with van der Waals surface area (Å²) in [5.74, 6) is -0.155. The Kier molecular flexibility index (Phi) is 11.1. The number of nitriles is 1. The molecule has 2 aliphatic rings. The number of phosphoric ester groups is 2. The summed E-state index contributed by atoms with van der Waals surface area (Å²) in [6, 6.07) is 10.4. The molecule has 0 aliphatic carbocycles. The zero-order chi connectivity index (χ0) is 37.9. The van der Waals surface area contributed by atoms with Crippen molar-refractivity contribution in [3.8, 4) is 6.07 Å². The molecule has 4 N–H and O–H groups in total. The largest absolute Gasteiger partial charge is 0.472 e. The number of ether oxygens (including phenoxy) is 2. The van der Waals surface area contributed by atoms with E-state index in [4.69, 9.17) is 32.8 Å². The molecule has 6 heterocycles. The molecule has 22 nitrogen and oxygen atoms in total. The van der Waals surface area contributed by atoms with Crippen LogP contribution in [-0.4, -0.2) is 92.9 Å². The third-order valence-corrected chi connectivity index (χ3v) is 10.4. The summed E-state index contributed by atoms with van der Waals surface area (Å²) in [7, 11) is -9.48. The lowest BCUT2D eigenvalue weighted by Crippen LogP contribution is -2.29. The first-order valence-corrected chi connectivity index (χ1v) is 19.4. The lowest BCUT2D eigenvalue weighted by molar-refractivity contribution is -0.0486. The SMILES string of the molecule is N#CCCOP(=O)(O)OCC1OC(n2cnc3c(=O)[nH]cnc32)C[C@@H]1OP(=O)(O)OCC1CCC(n2cnc3c(NC(=O)c4ccccc4)ncnc32)O1. The second-order valence-electron chi connectivity index (χ2n) is 12.0. The van der Waals surface area contributed by atoms with Gasteiger partial charge in [-0.15, -0.1) is 0 Å². The fourth-order valence-electron chi connectivity index (χ4n) is 5.93. The topological polar surface area (TPSA) is 290 Å². The first-order chi connectivity index (χ1) is 26.0. The number of fused-ring (bicyclic) bond motifs is 2. The van der Waals surface area contributed by atoms with Crippen molar-refractivity contribution >= 4 is 49.7 Å². The molecular weight excluding hydrogens is 754 g/mol. The number of benzene rings is 1. The minimum absolute atomic E-state index is 0.0152. The normalized spacial score (nSPS) is 23.6. The van der Waals surface area contributed by atoms with E-state index in [0.717, 1.165) is 0 Å². The van der Waals surface area contributed by atoms with Crippen LogP contribution in [0, 0.1) is 11.3 Å². The van der Waals surface area contributed by atoms with Crippen LogP contribution in [0.4, 0.5) is 5.82 Å². The Hall–Kier alpha value is -4.78. The average molecular weight is 787 g/mol. The average Bonchev–Trinajstić information content (AvgIpc) is 3.97. The highest BCUT2D eigenvalue weighted by atomic mass is 31.2. The maximum atomic E-state index is 13.3. The number of imidazole rings is 2. The highest BCUT2D eigenvalue weighted by Gasteiger charge is 2.44. The molecule has 6 unspecified atom stereocenters. The van der Waals surface area contributed by atoms with Gasteiger partial charge in [-0.25, -0.2) is 34.0 Å². The molecule has 2 saturated heterocycles. The third-order valence-electron chi connectivity index (χ3n) is 8.44. The van der Waals surface area contributed by atoms with Crippen molar-refractivity contribution in [2.75, 3.05) is 25.1 Å². The second kappa shape index (κ2) is 15.9. The number of aromatic amines is 1. The monoisotopic (exact) mass is 786 g/mol. The van der Waals surface area contributed by atoms with Gasteiger partial charge >= 0.3 is 15.6 Å². The fourth-order valence-corrected chi connectivity index (χ4v) is 7.65. The number of hydrogen-bond donors (Lipinski definition) is 4. The van der Waals surface area contributed by atoms with Gasteiger partial charge in [-0.05, 0) is 25.0 Å². The summed E-state index contributed by atoms with van der Waals surface area (Å²) in [6.45, 7) is -1.35. The zero-order valence-corrected chi connectivity index (χ0v) is 29.8. The van der Waals surface area contributed by atoms with Crippen molar-refractivity contribution in [1.29, 1.82) is 5.26 Å². The Balaban J connectivity index is 0.990. The van der Waals surface area contributed by atoms with E-state index in [9.17, 15) is 28.5 Å². The van der Waals surface area contributed by atoms with Crippen LogP contribution in [0.5, 0.6) is 0 Å². The van der Waals surface area contributed by atoms with Gasteiger partial charge in [0, 0.05) is 12.0 Å². The maximum Gasteiger partial charge on any atom is 0.472 e. The highest BCUT2D eigenvalue weighted by Crippen LogP contribution is 2.50. The number of carbonyl (C=O) groups is 1. The van der Waals surface area contributed by atoms with E-state index in [1.165, 1.54) is 29.9 Å². The predicted octanol–water partition coefficient (Wildman–Crippen LogP) is 2.73. The second-order valence-corrected chi connectivity index (χ2v) is 14.9. The van der Waals surface area contributed by atoms with Gasteiger partial charge in [0.2, 0.25) is 0 Å². The lowest BCUT2D eigenvalue weighted by Gasteiger charge is -2.23. The number of carbonyl (C=O) groups excluding carboxylic acids is 1. The lowest BCUT2D eigenvalue weighted by atomic mass is 10.2. The molecule has 2 fully saturated rings. The van der Waals surface area contributed by atoms with Crippen molar-refractivity contribution in [3.05, 3.63) is 71.6 Å². The number of amides is 1. The third kappa shape index (κ3) is 8.46. The van der Waals surface area contributed by atoms with Crippen LogP contribution in [0.1, 0.15) is 48.5 Å². The van der Waals surface area contributed by atoms with Crippen molar-refractivity contribution in [3.63, 3.8) is 0 Å². The molecule has 0 saturated carbocycles. The summed E-state index contributed by atoms with van der Waals surface area (Å²) in [4.78, 5) is 69.2. The molecule has 1 amide bonds. The van der Waals surface area contributed by atoms with E-state index in [-0.39, 0.29) is 48.9 Å². The predicted molar refractivity (Wildman–Crippen MR) is 182 cm³/mol. The van der Waals surface area contributed by atoms with Gasteiger partial charge in [-0.2, -0.15) is 5.26 Å². The minimum atomic E-state index is -4.83. The summed E-state index contributed by atoms with van der Waals surface area (Å²) >= 11 is 0. The van der Waals surface area contributed by atoms with Crippen molar-refractivity contribution in [2.45, 2.75) is 56.5 Å². The van der Waals surface area contributed by atoms with E-state index in [2.05, 4.69) is 35.2 Å². The Morgan fingerprint density at radius 3 is 2.48 bits per heavy atom. The number of rotatable bonds is 15. The molecule has 0 bridgehead atoms. The summed E-state index contributed by atoms with van der Waals surface area (Å²) < 4.78 is 61.5.